The fourth-order valence-corrected chi connectivity index (χ4v) is 9.06. The quantitative estimate of drug-likeness (QED) is 0.0295. The van der Waals surface area contributed by atoms with E-state index in [0.717, 1.165) is 11.1 Å². The second-order valence-electron chi connectivity index (χ2n) is 24.3. The average Bonchev–Trinajstić information content (AvgIpc) is 3.32. The Labute approximate surface area is 478 Å². The van der Waals surface area contributed by atoms with E-state index >= 15 is 0 Å². The number of hydrogen-bond acceptors (Lipinski definition) is 15. The van der Waals surface area contributed by atoms with Gasteiger partial charge in [0.15, 0.2) is 6.29 Å². The number of benzene rings is 2. The van der Waals surface area contributed by atoms with Gasteiger partial charge in [-0.25, -0.2) is 0 Å². The first-order valence-corrected chi connectivity index (χ1v) is 28.3. The summed E-state index contributed by atoms with van der Waals surface area (Å²) in [5.74, 6) is -5.95. The zero-order chi connectivity index (χ0) is 60.8. The fraction of sp³-hybridized carbons (Fsp3) is 0.644. The van der Waals surface area contributed by atoms with Crippen LogP contribution in [0.2, 0.25) is 0 Å². The minimum atomic E-state index is -1.64. The van der Waals surface area contributed by atoms with Crippen LogP contribution < -0.4 is 31.9 Å². The normalized spacial score (nSPS) is 14.3. The van der Waals surface area contributed by atoms with Crippen molar-refractivity contribution in [2.75, 3.05) is 20.0 Å². The van der Waals surface area contributed by atoms with E-state index in [0.29, 0.717) is 17.1 Å². The third-order valence-electron chi connectivity index (χ3n) is 11.7. The van der Waals surface area contributed by atoms with Crippen molar-refractivity contribution in [2.24, 2.45) is 11.3 Å². The van der Waals surface area contributed by atoms with Gasteiger partial charge in [-0.1, -0.05) is 89.2 Å². The van der Waals surface area contributed by atoms with Gasteiger partial charge in [-0.2, -0.15) is 11.8 Å². The van der Waals surface area contributed by atoms with Crippen LogP contribution in [0, 0.1) is 18.3 Å². The van der Waals surface area contributed by atoms with Crippen molar-refractivity contribution in [1.82, 2.24) is 31.9 Å². The number of aryl methyl sites for hydroxylation is 1. The minimum Gasteiger partial charge on any atom is -0.460 e. The van der Waals surface area contributed by atoms with Crippen LogP contribution in [-0.2, 0) is 79.0 Å². The van der Waals surface area contributed by atoms with Crippen molar-refractivity contribution in [1.29, 1.82) is 0 Å². The van der Waals surface area contributed by atoms with Crippen LogP contribution >= 0.6 is 11.8 Å². The maximum Gasteiger partial charge on any atom is 0.308 e. The second kappa shape index (κ2) is 32.4. The Hall–Kier alpha value is -6.06. The van der Waals surface area contributed by atoms with Crippen molar-refractivity contribution >= 4 is 65.1 Å². The van der Waals surface area contributed by atoms with Crippen LogP contribution in [0.25, 0.3) is 0 Å². The SMILES string of the molecule is COC(OC)[C@H](CSCc1ccccc1)NC(=O)[C@H](CC(C)C)NC(=O)[C@@H](NC(=O)[C@H](Cc1ccccc1C)NC(=O)[C@H](CCC(=O)OC(C)(C)C)NC(=O)[C@H](CC(=O)OC(C)(C)C)NC(=O)CCC(=O)OC(C)(C)C)C(C)(C)C. The summed E-state index contributed by atoms with van der Waals surface area (Å²) >= 11 is 1.57. The number of thioether (sulfide) groups is 1. The van der Waals surface area contributed by atoms with Gasteiger partial charge in [-0.05, 0) is 110 Å². The number of nitrogens with one attached hydrogen (secondary N) is 6. The molecule has 6 amide bonds. The lowest BCUT2D eigenvalue weighted by atomic mass is 9.85. The molecule has 6 N–H and O–H groups in total. The van der Waals surface area contributed by atoms with Gasteiger partial charge < -0.3 is 55.6 Å². The van der Waals surface area contributed by atoms with Crippen molar-refractivity contribution in [3.05, 3.63) is 71.3 Å². The molecule has 0 spiro atoms. The Morgan fingerprint density at radius 2 is 1.01 bits per heavy atom. The first kappa shape index (κ1) is 70.0. The molecular formula is C59H92N6O14S. The molecule has 0 fully saturated rings. The molecule has 0 bridgehead atoms. The number of hydrogen-bond donors (Lipinski definition) is 6. The molecule has 0 aliphatic carbocycles. The second-order valence-corrected chi connectivity index (χ2v) is 25.4. The molecule has 448 valence electrons. The lowest BCUT2D eigenvalue weighted by molar-refractivity contribution is -0.158. The number of methoxy groups -OCH3 is 2. The van der Waals surface area contributed by atoms with Crippen molar-refractivity contribution in [3.8, 4) is 0 Å². The number of rotatable bonds is 30. The van der Waals surface area contributed by atoms with Crippen molar-refractivity contribution in [3.63, 3.8) is 0 Å². The minimum absolute atomic E-state index is 0.0641. The van der Waals surface area contributed by atoms with E-state index in [1.54, 1.807) is 113 Å². The third kappa shape index (κ3) is 27.9. The predicted octanol–water partition coefficient (Wildman–Crippen LogP) is 6.07. The fourth-order valence-electron chi connectivity index (χ4n) is 8.02. The highest BCUT2D eigenvalue weighted by atomic mass is 32.2. The first-order chi connectivity index (χ1) is 37.0. The van der Waals surface area contributed by atoms with E-state index in [1.165, 1.54) is 14.2 Å². The Kier molecular flexibility index (Phi) is 28.4. The standard InChI is InChI=1S/C59H92N6O14S/c1-36(2)31-41(51(71)64-44(55(75-16)76-17)35-80-34-38-24-19-18-20-25-38)63-54(74)49(56(4,5)6)65-53(73)42(32-39-26-22-21-23-37(39)3)62-50(70)40(27-29-46(67)77-57(7,8)9)61-52(72)43(33-48(69)79-59(13,14)15)60-45(66)28-30-47(68)78-58(10,11)12/h18-26,36,40-44,49,55H,27-35H2,1-17H3,(H,60,66)(H,61,72)(H,62,70)(H,63,74)(H,64,71)(H,65,73)/t40-,41-,42-,43-,44-,49+/m0/s1. The molecule has 20 nitrogen and oxygen atoms in total. The number of ether oxygens (including phenoxy) is 5. The highest BCUT2D eigenvalue weighted by Gasteiger charge is 2.39. The molecular weight excluding hydrogens is 1050 g/mol. The van der Waals surface area contributed by atoms with Gasteiger partial charge in [-0.15, -0.1) is 0 Å². The predicted molar refractivity (Wildman–Crippen MR) is 306 cm³/mol. The third-order valence-corrected chi connectivity index (χ3v) is 12.8. The molecule has 0 unspecified atom stereocenters. The zero-order valence-corrected chi connectivity index (χ0v) is 51.1. The molecule has 0 saturated carbocycles. The van der Waals surface area contributed by atoms with Crippen LogP contribution in [-0.4, -0.2) is 133 Å². The van der Waals surface area contributed by atoms with Crippen LogP contribution in [0.1, 0.15) is 152 Å². The van der Waals surface area contributed by atoms with Crippen molar-refractivity contribution < 1.29 is 66.8 Å². The lowest BCUT2D eigenvalue weighted by Gasteiger charge is -2.34. The van der Waals surface area contributed by atoms with Gasteiger partial charge in [-0.3, -0.25) is 43.2 Å². The number of esters is 3. The zero-order valence-electron chi connectivity index (χ0n) is 50.3. The summed E-state index contributed by atoms with van der Waals surface area (Å²) in [4.78, 5) is 125. The lowest BCUT2D eigenvalue weighted by Crippen LogP contribution is -2.62. The molecule has 6 atom stereocenters. The summed E-state index contributed by atoms with van der Waals surface area (Å²) in [5, 5.41) is 16.6. The van der Waals surface area contributed by atoms with E-state index in [9.17, 15) is 43.2 Å². The van der Waals surface area contributed by atoms with Gasteiger partial charge in [0.1, 0.15) is 47.0 Å². The summed E-state index contributed by atoms with van der Waals surface area (Å²) in [6.45, 7) is 25.7. The smallest absolute Gasteiger partial charge is 0.308 e. The Bertz CT molecular complexity index is 2370. The van der Waals surface area contributed by atoms with Crippen LogP contribution in [0.5, 0.6) is 0 Å². The van der Waals surface area contributed by atoms with Gasteiger partial charge in [0.2, 0.25) is 35.4 Å². The summed E-state index contributed by atoms with van der Waals surface area (Å²) in [6, 6.07) is 9.37. The van der Waals surface area contributed by atoms with Gasteiger partial charge in [0.25, 0.3) is 0 Å². The highest BCUT2D eigenvalue weighted by molar-refractivity contribution is 7.98. The van der Waals surface area contributed by atoms with E-state index in [2.05, 4.69) is 31.9 Å². The van der Waals surface area contributed by atoms with E-state index in [4.69, 9.17) is 23.7 Å². The topological polar surface area (TPSA) is 272 Å². The summed E-state index contributed by atoms with van der Waals surface area (Å²) < 4.78 is 27.5. The van der Waals surface area contributed by atoms with Crippen LogP contribution in [0.3, 0.4) is 0 Å². The van der Waals surface area contributed by atoms with Crippen molar-refractivity contribution in [2.45, 2.75) is 214 Å². The Balaban J connectivity index is 2.59. The van der Waals surface area contributed by atoms with E-state index in [1.807, 2.05) is 57.2 Å². The van der Waals surface area contributed by atoms with E-state index < -0.39 is 137 Å². The maximum absolute atomic E-state index is 14.9. The Morgan fingerprint density at radius 1 is 0.525 bits per heavy atom. The first-order valence-electron chi connectivity index (χ1n) is 27.2. The maximum atomic E-state index is 14.9. The molecule has 0 radical (unpaired) electrons. The summed E-state index contributed by atoms with van der Waals surface area (Å²) in [5.41, 5.74) is -1.18. The average molecular weight is 1140 g/mol. The molecule has 0 aromatic heterocycles. The monoisotopic (exact) mass is 1140 g/mol. The number of carbonyl (C=O) groups excluding carboxylic acids is 9. The summed E-state index contributed by atoms with van der Waals surface area (Å²) in [6.07, 6.45) is -2.90. The molecule has 2 aromatic rings. The molecule has 21 heteroatoms. The number of amides is 6. The molecule has 80 heavy (non-hydrogen) atoms. The molecule has 0 aliphatic heterocycles. The van der Waals surface area contributed by atoms with Gasteiger partial charge in [0.05, 0.1) is 18.9 Å². The highest BCUT2D eigenvalue weighted by Crippen LogP contribution is 2.23. The van der Waals surface area contributed by atoms with Crippen LogP contribution in [0.15, 0.2) is 54.6 Å². The molecule has 0 saturated heterocycles. The van der Waals surface area contributed by atoms with E-state index in [-0.39, 0.29) is 31.6 Å². The van der Waals surface area contributed by atoms with Gasteiger partial charge in [0, 0.05) is 45.0 Å². The van der Waals surface area contributed by atoms with Crippen LogP contribution in [0.4, 0.5) is 0 Å². The van der Waals surface area contributed by atoms with Gasteiger partial charge >= 0.3 is 17.9 Å². The molecule has 0 heterocycles. The summed E-state index contributed by atoms with van der Waals surface area (Å²) in [7, 11) is 2.94. The Morgan fingerprint density at radius 3 is 1.55 bits per heavy atom. The molecule has 2 rings (SSSR count). The largest absolute Gasteiger partial charge is 0.460 e. The molecule has 0 aliphatic rings. The number of carbonyl (C=O) groups is 9. The molecule has 2 aromatic carbocycles.